The molecule has 1 saturated carbocycles. The van der Waals surface area contributed by atoms with Crippen molar-refractivity contribution < 1.29 is 9.00 Å². The number of carbonyl (C=O) groups excluding carboxylic acids is 1. The zero-order chi connectivity index (χ0) is 13.0. The molecule has 18 heavy (non-hydrogen) atoms. The van der Waals surface area contributed by atoms with Gasteiger partial charge in [0.15, 0.2) is 0 Å². The van der Waals surface area contributed by atoms with Gasteiger partial charge in [-0.1, -0.05) is 19.3 Å². The summed E-state index contributed by atoms with van der Waals surface area (Å²) in [6, 6.07) is 0.316. The van der Waals surface area contributed by atoms with Crippen molar-refractivity contribution in [1.29, 1.82) is 0 Å². The summed E-state index contributed by atoms with van der Waals surface area (Å²) in [5.41, 5.74) is 0. The van der Waals surface area contributed by atoms with Gasteiger partial charge < -0.3 is 10.6 Å². The smallest absolute Gasteiger partial charge is 0.235 e. The fourth-order valence-corrected chi connectivity index (χ4v) is 3.82. The summed E-state index contributed by atoms with van der Waals surface area (Å²) in [6.07, 6.45) is 5.85. The van der Waals surface area contributed by atoms with E-state index in [2.05, 4.69) is 10.6 Å². The normalized spacial score (nSPS) is 25.2. The summed E-state index contributed by atoms with van der Waals surface area (Å²) < 4.78 is 12.1. The topological polar surface area (TPSA) is 58.2 Å². The highest BCUT2D eigenvalue weighted by atomic mass is 32.2. The minimum Gasteiger partial charge on any atom is -0.352 e. The fourth-order valence-electron chi connectivity index (χ4n) is 2.53. The summed E-state index contributed by atoms with van der Waals surface area (Å²) in [4.78, 5) is 12.0. The van der Waals surface area contributed by atoms with Crippen molar-refractivity contribution in [3.8, 4) is 0 Å². The van der Waals surface area contributed by atoms with Gasteiger partial charge in [0.05, 0.1) is 0 Å². The van der Waals surface area contributed by atoms with E-state index in [1.165, 1.54) is 19.3 Å². The van der Waals surface area contributed by atoms with Gasteiger partial charge in [0, 0.05) is 35.7 Å². The highest BCUT2D eigenvalue weighted by Crippen LogP contribution is 2.18. The van der Waals surface area contributed by atoms with Crippen molar-refractivity contribution in [2.24, 2.45) is 5.92 Å². The average molecular weight is 272 g/mol. The molecule has 1 saturated heterocycles. The molecule has 4 nitrogen and oxygen atoms in total. The Bertz CT molecular complexity index is 312. The molecule has 1 heterocycles. The molecule has 2 unspecified atom stereocenters. The van der Waals surface area contributed by atoms with Crippen molar-refractivity contribution in [2.45, 2.75) is 50.3 Å². The minimum atomic E-state index is -1.03. The summed E-state index contributed by atoms with van der Waals surface area (Å²) in [5.74, 6) is 1.13. The molecule has 5 heteroatoms. The Kier molecular flexibility index (Phi) is 5.18. The molecule has 1 aliphatic heterocycles. The van der Waals surface area contributed by atoms with E-state index >= 15 is 0 Å². The molecular weight excluding hydrogens is 248 g/mol. The van der Waals surface area contributed by atoms with Crippen molar-refractivity contribution in [3.63, 3.8) is 0 Å². The first kappa shape index (κ1) is 14.0. The SMILES string of the molecule is CC(C(=O)NC1CCCCC1)S(=O)CC1CNC1. The molecule has 0 spiro atoms. The van der Waals surface area contributed by atoms with Crippen LogP contribution < -0.4 is 10.6 Å². The van der Waals surface area contributed by atoms with E-state index in [-0.39, 0.29) is 11.2 Å². The van der Waals surface area contributed by atoms with Crippen LogP contribution in [-0.2, 0) is 15.6 Å². The Morgan fingerprint density at radius 2 is 2.00 bits per heavy atom. The van der Waals surface area contributed by atoms with Gasteiger partial charge in [-0.2, -0.15) is 0 Å². The second-order valence-electron chi connectivity index (χ2n) is 5.56. The van der Waals surface area contributed by atoms with Gasteiger partial charge in [0.25, 0.3) is 0 Å². The second kappa shape index (κ2) is 6.66. The van der Waals surface area contributed by atoms with Crippen molar-refractivity contribution in [2.75, 3.05) is 18.8 Å². The number of hydrogen-bond acceptors (Lipinski definition) is 3. The Hall–Kier alpha value is -0.420. The van der Waals surface area contributed by atoms with Crippen LogP contribution in [0.4, 0.5) is 0 Å². The number of amides is 1. The van der Waals surface area contributed by atoms with E-state index < -0.39 is 10.8 Å². The van der Waals surface area contributed by atoms with E-state index in [0.717, 1.165) is 25.9 Å². The predicted octanol–water partition coefficient (Wildman–Crippen LogP) is 0.792. The number of nitrogens with one attached hydrogen (secondary N) is 2. The maximum Gasteiger partial charge on any atom is 0.235 e. The Labute approximate surface area is 112 Å². The second-order valence-corrected chi connectivity index (χ2v) is 7.36. The molecule has 2 fully saturated rings. The standard InChI is InChI=1S/C13H24N2O2S/c1-10(18(17)9-11-7-14-8-11)13(16)15-12-5-3-2-4-6-12/h10-12,14H,2-9H2,1H3,(H,15,16). The first-order chi connectivity index (χ1) is 8.66. The van der Waals surface area contributed by atoms with E-state index in [0.29, 0.717) is 17.7 Å². The predicted molar refractivity (Wildman–Crippen MR) is 73.8 cm³/mol. The first-order valence-corrected chi connectivity index (χ1v) is 8.43. The van der Waals surface area contributed by atoms with E-state index in [9.17, 15) is 9.00 Å². The Morgan fingerprint density at radius 1 is 1.33 bits per heavy atom. The fraction of sp³-hybridized carbons (Fsp3) is 0.923. The van der Waals surface area contributed by atoms with Gasteiger partial charge in [-0.15, -0.1) is 0 Å². The summed E-state index contributed by atoms with van der Waals surface area (Å²) in [5, 5.41) is 5.86. The molecule has 2 N–H and O–H groups in total. The molecule has 1 amide bonds. The zero-order valence-corrected chi connectivity index (χ0v) is 11.9. The van der Waals surface area contributed by atoms with Crippen LogP contribution in [0.5, 0.6) is 0 Å². The van der Waals surface area contributed by atoms with Gasteiger partial charge in [-0.3, -0.25) is 9.00 Å². The largest absolute Gasteiger partial charge is 0.352 e. The van der Waals surface area contributed by atoms with Crippen molar-refractivity contribution in [3.05, 3.63) is 0 Å². The lowest BCUT2D eigenvalue weighted by Crippen LogP contribution is -2.48. The maximum absolute atomic E-state index is 12.1. The van der Waals surface area contributed by atoms with Crippen molar-refractivity contribution >= 4 is 16.7 Å². The maximum atomic E-state index is 12.1. The average Bonchev–Trinajstić information content (AvgIpc) is 2.33. The van der Waals surface area contributed by atoms with Gasteiger partial charge in [-0.25, -0.2) is 0 Å². The molecule has 0 bridgehead atoms. The minimum absolute atomic E-state index is 0.0208. The molecule has 2 aliphatic rings. The number of rotatable bonds is 5. The summed E-state index contributed by atoms with van der Waals surface area (Å²) in [7, 11) is -1.03. The third-order valence-electron chi connectivity index (χ3n) is 3.98. The molecule has 104 valence electrons. The molecule has 1 aliphatic carbocycles. The zero-order valence-electron chi connectivity index (χ0n) is 11.1. The Morgan fingerprint density at radius 3 is 2.56 bits per heavy atom. The van der Waals surface area contributed by atoms with Crippen molar-refractivity contribution in [1.82, 2.24) is 10.6 Å². The third kappa shape index (κ3) is 3.79. The van der Waals surface area contributed by atoms with Gasteiger partial charge in [0.2, 0.25) is 5.91 Å². The molecule has 0 aromatic carbocycles. The summed E-state index contributed by atoms with van der Waals surface area (Å²) >= 11 is 0. The monoisotopic (exact) mass is 272 g/mol. The molecule has 2 atom stereocenters. The van der Waals surface area contributed by atoms with Crippen LogP contribution in [0.3, 0.4) is 0 Å². The van der Waals surface area contributed by atoms with Crippen LogP contribution in [0.25, 0.3) is 0 Å². The van der Waals surface area contributed by atoms with Gasteiger partial charge in [-0.05, 0) is 25.7 Å². The molecule has 0 aromatic heterocycles. The van der Waals surface area contributed by atoms with Crippen LogP contribution >= 0.6 is 0 Å². The molecule has 2 rings (SSSR count). The third-order valence-corrected chi connectivity index (χ3v) is 5.78. The molecular formula is C13H24N2O2S. The lowest BCUT2D eigenvalue weighted by molar-refractivity contribution is -0.121. The molecule has 0 aromatic rings. The number of hydrogen-bond donors (Lipinski definition) is 2. The van der Waals surface area contributed by atoms with Crippen LogP contribution in [0, 0.1) is 5.92 Å². The van der Waals surface area contributed by atoms with Crippen LogP contribution in [0.2, 0.25) is 0 Å². The van der Waals surface area contributed by atoms with E-state index in [4.69, 9.17) is 0 Å². The Balaban J connectivity index is 1.74. The van der Waals surface area contributed by atoms with Crippen LogP contribution in [-0.4, -0.2) is 40.3 Å². The van der Waals surface area contributed by atoms with Crippen LogP contribution in [0.1, 0.15) is 39.0 Å². The lowest BCUT2D eigenvalue weighted by atomic mass is 9.95. The van der Waals surface area contributed by atoms with Gasteiger partial charge in [0.1, 0.15) is 5.25 Å². The first-order valence-electron chi connectivity index (χ1n) is 7.05. The van der Waals surface area contributed by atoms with Gasteiger partial charge >= 0.3 is 0 Å². The number of carbonyl (C=O) groups is 1. The highest BCUT2D eigenvalue weighted by Gasteiger charge is 2.27. The lowest BCUT2D eigenvalue weighted by Gasteiger charge is -2.28. The van der Waals surface area contributed by atoms with E-state index in [1.807, 2.05) is 0 Å². The quantitative estimate of drug-likeness (QED) is 0.778. The summed E-state index contributed by atoms with van der Waals surface area (Å²) in [6.45, 7) is 3.69. The molecule has 0 radical (unpaired) electrons. The highest BCUT2D eigenvalue weighted by molar-refractivity contribution is 7.86. The van der Waals surface area contributed by atoms with E-state index in [1.54, 1.807) is 6.92 Å². The van der Waals surface area contributed by atoms with Crippen LogP contribution in [0.15, 0.2) is 0 Å².